The number of fused-ring (bicyclic) bond motifs is 1. The molecule has 3 aromatic heterocycles. The molecule has 0 aliphatic rings. The summed E-state index contributed by atoms with van der Waals surface area (Å²) in [6.45, 7) is 2.04. The third kappa shape index (κ3) is 1.29. The summed E-state index contributed by atoms with van der Waals surface area (Å²) in [5.74, 6) is 0.808. The number of thiophene rings is 1. The van der Waals surface area contributed by atoms with E-state index < -0.39 is 0 Å². The number of rotatable bonds is 1. The number of nitrogens with two attached hydrogens (primary N) is 1. The van der Waals surface area contributed by atoms with Gasteiger partial charge in [0.25, 0.3) is 0 Å². The lowest BCUT2D eigenvalue weighted by atomic mass is 10.3. The van der Waals surface area contributed by atoms with Crippen molar-refractivity contribution in [1.82, 2.24) is 14.6 Å². The molecule has 0 aliphatic carbocycles. The first kappa shape index (κ1) is 9.35. The fourth-order valence-corrected chi connectivity index (χ4v) is 2.45. The molecular formula is C11H10N4S. The van der Waals surface area contributed by atoms with Crippen LogP contribution in [0.3, 0.4) is 0 Å². The Kier molecular flexibility index (Phi) is 1.94. The molecule has 0 saturated carbocycles. The number of anilines is 1. The molecule has 0 saturated heterocycles. The summed E-state index contributed by atoms with van der Waals surface area (Å²) in [6, 6.07) is 5.92. The van der Waals surface area contributed by atoms with E-state index in [-0.39, 0.29) is 0 Å². The van der Waals surface area contributed by atoms with Gasteiger partial charge >= 0.3 is 0 Å². The lowest BCUT2D eigenvalue weighted by Crippen LogP contribution is -1.90. The summed E-state index contributed by atoms with van der Waals surface area (Å²) in [6.07, 6.45) is 1.97. The third-order valence-electron chi connectivity index (χ3n) is 2.46. The van der Waals surface area contributed by atoms with E-state index in [2.05, 4.69) is 10.2 Å². The predicted octanol–water partition coefficient (Wildman–Crippen LogP) is 2.35. The number of aryl methyl sites for hydroxylation is 1. The van der Waals surface area contributed by atoms with Crippen molar-refractivity contribution in [3.63, 3.8) is 0 Å². The Balaban J connectivity index is 2.30. The van der Waals surface area contributed by atoms with Crippen LogP contribution in [-0.2, 0) is 0 Å². The van der Waals surface area contributed by atoms with E-state index in [4.69, 9.17) is 5.73 Å². The van der Waals surface area contributed by atoms with Crippen molar-refractivity contribution >= 4 is 22.7 Å². The van der Waals surface area contributed by atoms with E-state index in [0.29, 0.717) is 0 Å². The normalized spacial score (nSPS) is 11.1. The molecule has 0 amide bonds. The van der Waals surface area contributed by atoms with Crippen molar-refractivity contribution in [3.05, 3.63) is 35.3 Å². The van der Waals surface area contributed by atoms with Crippen LogP contribution in [0.25, 0.3) is 16.3 Å². The van der Waals surface area contributed by atoms with Gasteiger partial charge in [-0.25, -0.2) is 0 Å². The van der Waals surface area contributed by atoms with Crippen LogP contribution >= 0.6 is 11.3 Å². The average Bonchev–Trinajstić information content (AvgIpc) is 2.83. The van der Waals surface area contributed by atoms with Crippen molar-refractivity contribution in [2.75, 3.05) is 5.73 Å². The fourth-order valence-electron chi connectivity index (χ4n) is 1.65. The van der Waals surface area contributed by atoms with Gasteiger partial charge in [-0.15, -0.1) is 21.5 Å². The Morgan fingerprint density at radius 2 is 2.19 bits per heavy atom. The standard InChI is InChI=1S/C11H10N4S/c1-7-2-4-15-9(6-7)13-14-11(15)10-8(12)3-5-16-10/h2-6H,12H2,1H3. The molecule has 0 aromatic carbocycles. The van der Waals surface area contributed by atoms with E-state index in [9.17, 15) is 0 Å². The van der Waals surface area contributed by atoms with Crippen LogP contribution in [-0.4, -0.2) is 14.6 Å². The second-order valence-electron chi connectivity index (χ2n) is 3.66. The van der Waals surface area contributed by atoms with Gasteiger partial charge in [-0.2, -0.15) is 0 Å². The first-order chi connectivity index (χ1) is 7.75. The second kappa shape index (κ2) is 3.31. The largest absolute Gasteiger partial charge is 0.397 e. The molecule has 0 bridgehead atoms. The molecule has 0 aliphatic heterocycles. The number of pyridine rings is 1. The van der Waals surface area contributed by atoms with Gasteiger partial charge in [0.15, 0.2) is 11.5 Å². The monoisotopic (exact) mass is 230 g/mol. The smallest absolute Gasteiger partial charge is 0.180 e. The van der Waals surface area contributed by atoms with Crippen LogP contribution in [0, 0.1) is 6.92 Å². The molecule has 0 fully saturated rings. The lowest BCUT2D eigenvalue weighted by molar-refractivity contribution is 1.12. The van der Waals surface area contributed by atoms with Crippen molar-refractivity contribution in [2.45, 2.75) is 6.92 Å². The predicted molar refractivity (Wildman–Crippen MR) is 65.4 cm³/mol. The second-order valence-corrected chi connectivity index (χ2v) is 4.58. The number of nitrogen functional groups attached to an aromatic ring is 1. The Morgan fingerprint density at radius 3 is 2.94 bits per heavy atom. The zero-order valence-corrected chi connectivity index (χ0v) is 9.53. The molecule has 3 rings (SSSR count). The highest BCUT2D eigenvalue weighted by Crippen LogP contribution is 2.30. The quantitative estimate of drug-likeness (QED) is 0.698. The van der Waals surface area contributed by atoms with Crippen molar-refractivity contribution in [1.29, 1.82) is 0 Å². The highest BCUT2D eigenvalue weighted by Gasteiger charge is 2.11. The highest BCUT2D eigenvalue weighted by molar-refractivity contribution is 7.14. The van der Waals surface area contributed by atoms with Gasteiger partial charge in [0, 0.05) is 6.20 Å². The third-order valence-corrected chi connectivity index (χ3v) is 3.39. The lowest BCUT2D eigenvalue weighted by Gasteiger charge is -1.98. The molecule has 0 spiro atoms. The summed E-state index contributed by atoms with van der Waals surface area (Å²) in [5, 5.41) is 10.3. The summed E-state index contributed by atoms with van der Waals surface area (Å²) in [5.41, 5.74) is 8.65. The summed E-state index contributed by atoms with van der Waals surface area (Å²) in [4.78, 5) is 0.969. The van der Waals surface area contributed by atoms with E-state index in [1.165, 1.54) is 5.56 Å². The molecule has 3 heterocycles. The molecule has 16 heavy (non-hydrogen) atoms. The number of hydrogen-bond donors (Lipinski definition) is 1. The van der Waals surface area contributed by atoms with Crippen LogP contribution in [0.1, 0.15) is 5.56 Å². The molecule has 0 unspecified atom stereocenters. The maximum atomic E-state index is 5.88. The minimum atomic E-state index is 0.750. The van der Waals surface area contributed by atoms with Gasteiger partial charge in [0.2, 0.25) is 0 Å². The Bertz CT molecular complexity index is 653. The maximum Gasteiger partial charge on any atom is 0.180 e. The van der Waals surface area contributed by atoms with Crippen LogP contribution in [0.5, 0.6) is 0 Å². The molecule has 5 heteroatoms. The zero-order valence-electron chi connectivity index (χ0n) is 8.71. The minimum absolute atomic E-state index is 0.750. The van der Waals surface area contributed by atoms with Crippen LogP contribution in [0.15, 0.2) is 29.8 Å². The van der Waals surface area contributed by atoms with Gasteiger partial charge in [-0.1, -0.05) is 0 Å². The SMILES string of the molecule is Cc1ccn2c(-c3sccc3N)nnc2c1. The number of aromatic nitrogens is 3. The molecule has 4 nitrogen and oxygen atoms in total. The molecule has 80 valence electrons. The average molecular weight is 230 g/mol. The van der Waals surface area contributed by atoms with Crippen LogP contribution in [0.2, 0.25) is 0 Å². The van der Waals surface area contributed by atoms with Gasteiger partial charge in [0.05, 0.1) is 10.6 Å². The van der Waals surface area contributed by atoms with Crippen molar-refractivity contribution in [3.8, 4) is 10.7 Å². The van der Waals surface area contributed by atoms with Gasteiger partial charge in [-0.3, -0.25) is 4.40 Å². The minimum Gasteiger partial charge on any atom is -0.397 e. The number of nitrogens with zero attached hydrogens (tertiary/aromatic N) is 3. The van der Waals surface area contributed by atoms with E-state index in [1.807, 2.05) is 41.1 Å². The first-order valence-electron chi connectivity index (χ1n) is 4.90. The van der Waals surface area contributed by atoms with Gasteiger partial charge in [-0.05, 0) is 36.1 Å². The molecule has 2 N–H and O–H groups in total. The van der Waals surface area contributed by atoms with E-state index in [0.717, 1.165) is 22.0 Å². The summed E-state index contributed by atoms with van der Waals surface area (Å²) in [7, 11) is 0. The summed E-state index contributed by atoms with van der Waals surface area (Å²) >= 11 is 1.58. The fraction of sp³-hybridized carbons (Fsp3) is 0.0909. The maximum absolute atomic E-state index is 5.88. The van der Waals surface area contributed by atoms with Crippen molar-refractivity contribution in [2.24, 2.45) is 0 Å². The molecular weight excluding hydrogens is 220 g/mol. The van der Waals surface area contributed by atoms with Crippen molar-refractivity contribution < 1.29 is 0 Å². The Morgan fingerprint density at radius 1 is 1.31 bits per heavy atom. The topological polar surface area (TPSA) is 56.2 Å². The van der Waals surface area contributed by atoms with Crippen LogP contribution in [0.4, 0.5) is 5.69 Å². The summed E-state index contributed by atoms with van der Waals surface area (Å²) < 4.78 is 1.95. The zero-order chi connectivity index (χ0) is 11.1. The van der Waals surface area contributed by atoms with Gasteiger partial charge in [0.1, 0.15) is 0 Å². The highest BCUT2D eigenvalue weighted by atomic mass is 32.1. The van der Waals surface area contributed by atoms with Crippen LogP contribution < -0.4 is 5.73 Å². The molecule has 3 aromatic rings. The van der Waals surface area contributed by atoms with Gasteiger partial charge < -0.3 is 5.73 Å². The Labute approximate surface area is 96.4 Å². The number of hydrogen-bond acceptors (Lipinski definition) is 4. The van der Waals surface area contributed by atoms with E-state index in [1.54, 1.807) is 11.3 Å². The Hall–Kier alpha value is -1.88. The van der Waals surface area contributed by atoms with E-state index >= 15 is 0 Å². The molecule has 0 atom stereocenters. The first-order valence-corrected chi connectivity index (χ1v) is 5.78. The molecule has 0 radical (unpaired) electrons.